The summed E-state index contributed by atoms with van der Waals surface area (Å²) >= 11 is 0. The van der Waals surface area contributed by atoms with Crippen LogP contribution < -0.4 is 9.47 Å². The maximum Gasteiger partial charge on any atom is 0.239 e. The number of hydrogen-bond acceptors (Lipinski definition) is 11. The number of pyridine rings is 1. The number of aromatic nitrogens is 1. The number of aliphatic hydroxyl groups excluding tert-OH is 3. The lowest BCUT2D eigenvalue weighted by atomic mass is 9.55. The van der Waals surface area contributed by atoms with Crippen molar-refractivity contribution in [3.63, 3.8) is 0 Å². The summed E-state index contributed by atoms with van der Waals surface area (Å²) in [5.41, 5.74) is 3.91. The molecule has 1 aromatic carbocycles. The minimum absolute atomic E-state index is 0.00252. The van der Waals surface area contributed by atoms with Crippen molar-refractivity contribution in [2.45, 2.75) is 174 Å². The van der Waals surface area contributed by atoms with E-state index in [0.717, 1.165) is 73.2 Å². The molecule has 1 amide bonds. The Labute approximate surface area is 396 Å². The number of ether oxygens (including phenoxy) is 4. The minimum atomic E-state index is -1.37. The molecule has 0 spiro atoms. The SMILES string of the molecule is C=CCOC12Oc3ccc(OCc4cccc(C)n4)cc3C3C(CCCCO)C(CCCCO)C=C(C(=NOC(C)(C)C)CC1N(CCOCCO)C(=O)CCCCCCCCCCC)C32. The van der Waals surface area contributed by atoms with Gasteiger partial charge in [0.15, 0.2) is 0 Å². The van der Waals surface area contributed by atoms with Gasteiger partial charge in [-0.15, -0.1) is 6.58 Å². The number of amides is 1. The molecular formula is C54H83N3O9. The van der Waals surface area contributed by atoms with Gasteiger partial charge >= 0.3 is 0 Å². The molecule has 0 saturated heterocycles. The van der Waals surface area contributed by atoms with Crippen LogP contribution in [0, 0.1) is 24.7 Å². The Kier molecular flexibility index (Phi) is 21.9. The van der Waals surface area contributed by atoms with Gasteiger partial charge in [0.25, 0.3) is 0 Å². The highest BCUT2D eigenvalue weighted by atomic mass is 16.7. The number of aliphatic hydroxyl groups is 3. The van der Waals surface area contributed by atoms with Gasteiger partial charge in [-0.2, -0.15) is 0 Å². The van der Waals surface area contributed by atoms with Crippen LogP contribution in [0.3, 0.4) is 0 Å². The Balaban J connectivity index is 1.66. The first kappa shape index (κ1) is 53.1. The smallest absolute Gasteiger partial charge is 0.239 e. The average molecular weight is 918 g/mol. The second kappa shape index (κ2) is 27.3. The topological polar surface area (TPSA) is 152 Å². The molecule has 12 nitrogen and oxygen atoms in total. The molecule has 12 heteroatoms. The molecule has 2 aliphatic carbocycles. The maximum absolute atomic E-state index is 15.0. The van der Waals surface area contributed by atoms with Crippen molar-refractivity contribution >= 4 is 11.6 Å². The van der Waals surface area contributed by atoms with Crippen LogP contribution in [-0.2, 0) is 25.7 Å². The van der Waals surface area contributed by atoms with Crippen LogP contribution in [-0.4, -0.2) is 100 Å². The minimum Gasteiger partial charge on any atom is -0.487 e. The summed E-state index contributed by atoms with van der Waals surface area (Å²) in [6.45, 7) is 15.5. The summed E-state index contributed by atoms with van der Waals surface area (Å²) in [5.74, 6) is -0.451. The first-order valence-electron chi connectivity index (χ1n) is 25.3. The number of hydrogen-bond donors (Lipinski definition) is 3. The Morgan fingerprint density at radius 2 is 1.67 bits per heavy atom. The fourth-order valence-corrected chi connectivity index (χ4v) is 10.3. The van der Waals surface area contributed by atoms with E-state index in [1.54, 1.807) is 6.08 Å². The molecule has 1 aromatic heterocycles. The fourth-order valence-electron chi connectivity index (χ4n) is 10.3. The highest BCUT2D eigenvalue weighted by Crippen LogP contribution is 2.62. The quantitative estimate of drug-likeness (QED) is 0.0379. The second-order valence-electron chi connectivity index (χ2n) is 19.5. The lowest BCUT2D eigenvalue weighted by Gasteiger charge is -2.60. The normalized spacial score (nSPS) is 22.8. The Bertz CT molecular complexity index is 1840. The summed E-state index contributed by atoms with van der Waals surface area (Å²) in [4.78, 5) is 27.8. The molecule has 3 aliphatic rings. The van der Waals surface area contributed by atoms with Crippen molar-refractivity contribution in [1.82, 2.24) is 9.88 Å². The van der Waals surface area contributed by atoms with E-state index in [-0.39, 0.29) is 69.8 Å². The first-order chi connectivity index (χ1) is 32.0. The van der Waals surface area contributed by atoms with E-state index in [2.05, 4.69) is 30.6 Å². The van der Waals surface area contributed by atoms with Gasteiger partial charge in [-0.3, -0.25) is 9.78 Å². The van der Waals surface area contributed by atoms with Crippen LogP contribution in [0.4, 0.5) is 0 Å². The Morgan fingerprint density at radius 1 is 0.939 bits per heavy atom. The molecule has 2 aromatic rings. The van der Waals surface area contributed by atoms with Gasteiger partial charge < -0.3 is 44.0 Å². The molecule has 6 atom stereocenters. The zero-order valence-electron chi connectivity index (χ0n) is 41.0. The number of carbonyl (C=O) groups excluding carboxylic acids is 1. The van der Waals surface area contributed by atoms with Crippen LogP contribution in [0.1, 0.15) is 160 Å². The van der Waals surface area contributed by atoms with E-state index in [9.17, 15) is 20.1 Å². The van der Waals surface area contributed by atoms with Crippen LogP contribution in [0.25, 0.3) is 0 Å². The molecular weight excluding hydrogens is 835 g/mol. The molecule has 0 bridgehead atoms. The predicted octanol–water partition coefficient (Wildman–Crippen LogP) is 10.2. The molecule has 0 radical (unpaired) electrons. The third-order valence-electron chi connectivity index (χ3n) is 13.3. The Hall–Kier alpha value is -3.81. The lowest BCUT2D eigenvalue weighted by molar-refractivity contribution is -0.258. The largest absolute Gasteiger partial charge is 0.487 e. The summed E-state index contributed by atoms with van der Waals surface area (Å²) in [5, 5.41) is 34.6. The Morgan fingerprint density at radius 3 is 2.35 bits per heavy atom. The predicted molar refractivity (Wildman–Crippen MR) is 261 cm³/mol. The zero-order valence-corrected chi connectivity index (χ0v) is 41.0. The molecule has 5 rings (SSSR count). The lowest BCUT2D eigenvalue weighted by Crippen LogP contribution is -2.70. The number of nitrogens with zero attached hydrogens (tertiary/aromatic N) is 3. The number of carbonyl (C=O) groups is 1. The van der Waals surface area contributed by atoms with E-state index >= 15 is 0 Å². The van der Waals surface area contributed by atoms with E-state index in [4.69, 9.17) is 28.9 Å². The standard InChI is InChI=1S/C54H83N3O9/c1-7-9-10-11-12-13-14-15-16-26-50(61)57(29-34-62-35-32-60)49-38-47(56-66-53(4,5)6)45-36-41(23-17-19-30-58)44(25-18-20-31-59)51-46-37-43(63-39-42-24-21-22-40(3)55-42)27-28-48(46)65-54(49,52(45)51)64-33-8-2/h8,21-22,24,27-28,36-37,41,44,49,51-52,58-60H,2,7,9-20,23,25-26,29-35,38-39H2,1,3-6H3. The van der Waals surface area contributed by atoms with Crippen molar-refractivity contribution in [2.75, 3.05) is 46.2 Å². The molecule has 1 fully saturated rings. The van der Waals surface area contributed by atoms with Crippen molar-refractivity contribution in [3.05, 3.63) is 77.7 Å². The summed E-state index contributed by atoms with van der Waals surface area (Å²) in [7, 11) is 0. The number of allylic oxidation sites excluding steroid dienone is 1. The number of fused-ring (bicyclic) bond motifs is 2. The van der Waals surface area contributed by atoms with Crippen LogP contribution >= 0.6 is 0 Å². The average Bonchev–Trinajstić information content (AvgIpc) is 3.30. The van der Waals surface area contributed by atoms with Gasteiger partial charge in [-0.25, -0.2) is 0 Å². The van der Waals surface area contributed by atoms with Crippen molar-refractivity contribution in [2.24, 2.45) is 22.9 Å². The van der Waals surface area contributed by atoms with Crippen LogP contribution in [0.15, 0.2) is 65.9 Å². The van der Waals surface area contributed by atoms with Crippen LogP contribution in [0.2, 0.25) is 0 Å². The summed E-state index contributed by atoms with van der Waals surface area (Å²) < 4.78 is 27.0. The molecule has 2 heterocycles. The highest BCUT2D eigenvalue weighted by Gasteiger charge is 2.65. The first-order valence-corrected chi connectivity index (χ1v) is 25.3. The maximum atomic E-state index is 15.0. The van der Waals surface area contributed by atoms with E-state index in [0.29, 0.717) is 43.8 Å². The van der Waals surface area contributed by atoms with E-state index < -0.39 is 23.3 Å². The number of aryl methyl sites for hydroxylation is 1. The number of unbranched alkanes of at least 4 members (excludes halogenated alkanes) is 10. The number of benzene rings is 1. The van der Waals surface area contributed by atoms with Gasteiger partial charge in [-0.05, 0) is 108 Å². The third kappa shape index (κ3) is 14.8. The number of rotatable bonds is 31. The second-order valence-corrected chi connectivity index (χ2v) is 19.5. The fraction of sp³-hybridized carbons (Fsp3) is 0.685. The van der Waals surface area contributed by atoms with Crippen molar-refractivity contribution in [1.29, 1.82) is 0 Å². The van der Waals surface area contributed by atoms with Gasteiger partial charge in [0.05, 0.1) is 43.8 Å². The van der Waals surface area contributed by atoms with Gasteiger partial charge in [0.2, 0.25) is 11.7 Å². The zero-order chi connectivity index (χ0) is 47.4. The van der Waals surface area contributed by atoms with E-state index in [1.807, 2.05) is 62.9 Å². The summed E-state index contributed by atoms with van der Waals surface area (Å²) in [6, 6.07) is 11.3. The number of oxime groups is 1. The highest BCUT2D eigenvalue weighted by molar-refractivity contribution is 6.03. The van der Waals surface area contributed by atoms with Crippen molar-refractivity contribution in [3.8, 4) is 11.5 Å². The molecule has 1 aliphatic heterocycles. The molecule has 368 valence electrons. The van der Waals surface area contributed by atoms with Gasteiger partial charge in [0.1, 0.15) is 29.7 Å². The molecule has 1 saturated carbocycles. The third-order valence-corrected chi connectivity index (χ3v) is 13.3. The molecule has 3 N–H and O–H groups in total. The van der Waals surface area contributed by atoms with E-state index in [1.165, 1.54) is 38.5 Å². The van der Waals surface area contributed by atoms with Crippen molar-refractivity contribution < 1.29 is 43.9 Å². The molecule has 66 heavy (non-hydrogen) atoms. The monoisotopic (exact) mass is 918 g/mol. The van der Waals surface area contributed by atoms with Gasteiger partial charge in [0, 0.05) is 49.8 Å². The summed E-state index contributed by atoms with van der Waals surface area (Å²) in [6.07, 6.45) is 19.8. The van der Waals surface area contributed by atoms with Crippen LogP contribution in [0.5, 0.6) is 11.5 Å². The van der Waals surface area contributed by atoms with Gasteiger partial charge in [-0.1, -0.05) is 94.5 Å². The molecule has 6 unspecified atom stereocenters.